The number of hydrogen-bond donors (Lipinski definition) is 1. The Kier molecular flexibility index (Phi) is 5.97. The molecule has 31 heavy (non-hydrogen) atoms. The first-order valence-corrected chi connectivity index (χ1v) is 11.4. The molecule has 4 amide bonds. The third-order valence-electron chi connectivity index (χ3n) is 6.42. The first-order chi connectivity index (χ1) is 14.8. The number of nitrogens with zero attached hydrogens (tertiary/aromatic N) is 3. The Hall–Kier alpha value is -2.54. The second-order valence-electron chi connectivity index (χ2n) is 8.66. The summed E-state index contributed by atoms with van der Waals surface area (Å²) in [5.74, 6) is -0.252. The largest absolute Gasteiger partial charge is 0.341 e. The number of nitrogens with one attached hydrogen (secondary N) is 1. The van der Waals surface area contributed by atoms with Gasteiger partial charge in [0.2, 0.25) is 5.91 Å². The van der Waals surface area contributed by atoms with Gasteiger partial charge in [0, 0.05) is 24.7 Å². The molecule has 166 valence electrons. The van der Waals surface area contributed by atoms with Crippen LogP contribution in [0.15, 0.2) is 35.5 Å². The van der Waals surface area contributed by atoms with Gasteiger partial charge in [-0.25, -0.2) is 4.79 Å². The lowest BCUT2D eigenvalue weighted by atomic mass is 9.95. The number of urea groups is 1. The Balaban J connectivity index is 1.73. The molecule has 0 bridgehead atoms. The smallest absolute Gasteiger partial charge is 0.322 e. The van der Waals surface area contributed by atoms with Crippen LogP contribution in [0.5, 0.6) is 0 Å². The lowest BCUT2D eigenvalue weighted by Gasteiger charge is -2.33. The van der Waals surface area contributed by atoms with Gasteiger partial charge < -0.3 is 15.1 Å². The number of likely N-dealkylation sites (tertiary alicyclic amines) is 1. The summed E-state index contributed by atoms with van der Waals surface area (Å²) >= 11 is 6.43. The zero-order valence-electron chi connectivity index (χ0n) is 18.2. The summed E-state index contributed by atoms with van der Waals surface area (Å²) in [6.07, 6.45) is 1.99. The van der Waals surface area contributed by atoms with Crippen LogP contribution in [0.4, 0.5) is 4.79 Å². The fraction of sp³-hybridized carbons (Fsp3) is 0.522. The Morgan fingerprint density at radius 1 is 1.19 bits per heavy atom. The van der Waals surface area contributed by atoms with Gasteiger partial charge in [-0.3, -0.25) is 14.5 Å². The van der Waals surface area contributed by atoms with Gasteiger partial charge in [0.15, 0.2) is 0 Å². The highest BCUT2D eigenvalue weighted by molar-refractivity contribution is 6.31. The van der Waals surface area contributed by atoms with Crippen molar-refractivity contribution >= 4 is 29.4 Å². The molecule has 0 spiro atoms. The Labute approximate surface area is 188 Å². The van der Waals surface area contributed by atoms with Crippen molar-refractivity contribution in [3.05, 3.63) is 46.1 Å². The minimum absolute atomic E-state index is 0.00248. The van der Waals surface area contributed by atoms with Crippen molar-refractivity contribution in [3.8, 4) is 0 Å². The standard InChI is InChI=1S/C23H29ClN4O3/c1-4-27-17-13-28(20(14(2)3)22(30)26-11-7-8-12-26)21(29)18(17)19(25-23(27)31)15-9-5-6-10-16(15)24/h5-6,9-10,14,19-20H,4,7-8,11-13H2,1-3H3,(H,25,31)/t19-,20+/m1/s1. The summed E-state index contributed by atoms with van der Waals surface area (Å²) in [7, 11) is 0. The van der Waals surface area contributed by atoms with Gasteiger partial charge >= 0.3 is 6.03 Å². The SMILES string of the molecule is CCN1C(=O)N[C@H](c2ccccc2Cl)C2=C1CN([C@H](C(=O)N1CCCC1)C(C)C)C2=O. The summed E-state index contributed by atoms with van der Waals surface area (Å²) in [4.78, 5) is 45.1. The van der Waals surface area contributed by atoms with E-state index in [-0.39, 0.29) is 30.3 Å². The van der Waals surface area contributed by atoms with Crippen LogP contribution in [0.1, 0.15) is 45.2 Å². The maximum atomic E-state index is 13.7. The number of benzene rings is 1. The second-order valence-corrected chi connectivity index (χ2v) is 9.07. The molecule has 0 aromatic heterocycles. The van der Waals surface area contributed by atoms with Gasteiger partial charge in [0.05, 0.1) is 23.9 Å². The number of carbonyl (C=O) groups excluding carboxylic acids is 3. The minimum atomic E-state index is -0.633. The van der Waals surface area contributed by atoms with E-state index in [1.807, 2.05) is 43.9 Å². The highest BCUT2D eigenvalue weighted by atomic mass is 35.5. The fourth-order valence-corrected chi connectivity index (χ4v) is 5.16. The van der Waals surface area contributed by atoms with Gasteiger partial charge in [-0.05, 0) is 37.3 Å². The van der Waals surface area contributed by atoms with Crippen LogP contribution in [-0.4, -0.2) is 64.8 Å². The van der Waals surface area contributed by atoms with Crippen molar-refractivity contribution in [2.45, 2.75) is 45.7 Å². The molecule has 0 saturated carbocycles. The highest BCUT2D eigenvalue weighted by Crippen LogP contribution is 2.39. The van der Waals surface area contributed by atoms with Crippen molar-refractivity contribution in [2.24, 2.45) is 5.92 Å². The maximum absolute atomic E-state index is 13.7. The van der Waals surface area contributed by atoms with Crippen molar-refractivity contribution in [1.29, 1.82) is 0 Å². The zero-order valence-corrected chi connectivity index (χ0v) is 19.0. The van der Waals surface area contributed by atoms with Crippen molar-refractivity contribution in [1.82, 2.24) is 20.0 Å². The van der Waals surface area contributed by atoms with Crippen molar-refractivity contribution in [2.75, 3.05) is 26.2 Å². The van der Waals surface area contributed by atoms with Gasteiger partial charge in [-0.15, -0.1) is 0 Å². The summed E-state index contributed by atoms with van der Waals surface area (Å²) in [6.45, 7) is 7.97. The molecule has 8 heteroatoms. The molecular formula is C23H29ClN4O3. The summed E-state index contributed by atoms with van der Waals surface area (Å²) in [5.41, 5.74) is 1.86. The van der Waals surface area contributed by atoms with Crippen LogP contribution >= 0.6 is 11.6 Å². The molecule has 0 aliphatic carbocycles. The zero-order chi connectivity index (χ0) is 22.3. The molecule has 3 heterocycles. The quantitative estimate of drug-likeness (QED) is 0.758. The summed E-state index contributed by atoms with van der Waals surface area (Å²) < 4.78 is 0. The predicted molar refractivity (Wildman–Crippen MR) is 118 cm³/mol. The van der Waals surface area contributed by atoms with Gasteiger partial charge in [-0.1, -0.05) is 43.6 Å². The molecule has 7 nitrogen and oxygen atoms in total. The molecule has 1 aromatic carbocycles. The second kappa shape index (κ2) is 8.54. The molecular weight excluding hydrogens is 416 g/mol. The summed E-state index contributed by atoms with van der Waals surface area (Å²) in [6, 6.07) is 5.78. The molecule has 1 saturated heterocycles. The lowest BCUT2D eigenvalue weighted by Crippen LogP contribution is -2.52. The number of rotatable bonds is 5. The maximum Gasteiger partial charge on any atom is 0.322 e. The normalized spacial score (nSPS) is 22.4. The van der Waals surface area contributed by atoms with Gasteiger partial charge in [0.1, 0.15) is 6.04 Å². The van der Waals surface area contributed by atoms with Crippen LogP contribution in [0, 0.1) is 5.92 Å². The fourth-order valence-electron chi connectivity index (χ4n) is 4.92. The van der Waals surface area contributed by atoms with Crippen molar-refractivity contribution < 1.29 is 14.4 Å². The number of hydrogen-bond acceptors (Lipinski definition) is 3. The van der Waals surface area contributed by atoms with E-state index >= 15 is 0 Å². The Morgan fingerprint density at radius 2 is 1.87 bits per heavy atom. The number of halogens is 1. The predicted octanol–water partition coefficient (Wildman–Crippen LogP) is 3.17. The van der Waals surface area contributed by atoms with E-state index in [1.165, 1.54) is 0 Å². The Morgan fingerprint density at radius 3 is 2.48 bits per heavy atom. The minimum Gasteiger partial charge on any atom is -0.341 e. The van der Waals surface area contributed by atoms with Crippen LogP contribution < -0.4 is 5.32 Å². The van der Waals surface area contributed by atoms with E-state index in [1.54, 1.807) is 15.9 Å². The lowest BCUT2D eigenvalue weighted by molar-refractivity contribution is -0.144. The monoisotopic (exact) mass is 444 g/mol. The van der Waals surface area contributed by atoms with Crippen LogP contribution in [-0.2, 0) is 9.59 Å². The van der Waals surface area contributed by atoms with E-state index < -0.39 is 12.1 Å². The first-order valence-electron chi connectivity index (χ1n) is 11.0. The molecule has 2 atom stereocenters. The van der Waals surface area contributed by atoms with E-state index in [9.17, 15) is 14.4 Å². The van der Waals surface area contributed by atoms with E-state index in [2.05, 4.69) is 5.32 Å². The third kappa shape index (κ3) is 3.69. The molecule has 0 unspecified atom stereocenters. The van der Waals surface area contributed by atoms with E-state index in [4.69, 9.17) is 11.6 Å². The van der Waals surface area contributed by atoms with Crippen molar-refractivity contribution in [3.63, 3.8) is 0 Å². The highest BCUT2D eigenvalue weighted by Gasteiger charge is 2.48. The average Bonchev–Trinajstić information content (AvgIpc) is 3.37. The van der Waals surface area contributed by atoms with E-state index in [0.29, 0.717) is 28.4 Å². The molecule has 1 N–H and O–H groups in total. The molecule has 1 aromatic rings. The number of likely N-dealkylation sites (N-methyl/N-ethyl adjacent to an activating group) is 1. The number of carbonyl (C=O) groups is 3. The average molecular weight is 445 g/mol. The topological polar surface area (TPSA) is 73.0 Å². The van der Waals surface area contributed by atoms with Crippen LogP contribution in [0.2, 0.25) is 5.02 Å². The molecule has 4 rings (SSSR count). The number of amides is 4. The van der Waals surface area contributed by atoms with Crippen LogP contribution in [0.3, 0.4) is 0 Å². The van der Waals surface area contributed by atoms with Gasteiger partial charge in [-0.2, -0.15) is 0 Å². The molecule has 3 aliphatic heterocycles. The summed E-state index contributed by atoms with van der Waals surface area (Å²) in [5, 5.41) is 3.44. The third-order valence-corrected chi connectivity index (χ3v) is 6.76. The van der Waals surface area contributed by atoms with Gasteiger partial charge in [0.25, 0.3) is 5.91 Å². The first kappa shape index (κ1) is 21.7. The molecule has 1 fully saturated rings. The molecule has 3 aliphatic rings. The van der Waals surface area contributed by atoms with Crippen LogP contribution in [0.25, 0.3) is 0 Å². The molecule has 0 radical (unpaired) electrons. The van der Waals surface area contributed by atoms with E-state index in [0.717, 1.165) is 25.9 Å². The Bertz CT molecular complexity index is 939.